The fourth-order valence-corrected chi connectivity index (χ4v) is 3.13. The van der Waals surface area contributed by atoms with Crippen molar-refractivity contribution < 1.29 is 14.3 Å². The zero-order chi connectivity index (χ0) is 19.1. The maximum Gasteiger partial charge on any atom is 0.255 e. The maximum absolute atomic E-state index is 12.5. The first-order valence-corrected chi connectivity index (χ1v) is 9.37. The molecule has 27 heavy (non-hydrogen) atoms. The minimum Gasteiger partial charge on any atom is -0.493 e. The number of benzene rings is 2. The molecule has 0 atom stereocenters. The van der Waals surface area contributed by atoms with Gasteiger partial charge in [-0.15, -0.1) is 0 Å². The van der Waals surface area contributed by atoms with Gasteiger partial charge in [0.05, 0.1) is 13.7 Å². The fraction of sp³-hybridized carbons (Fsp3) is 0.211. The highest BCUT2D eigenvalue weighted by Gasteiger charge is 2.10. The van der Waals surface area contributed by atoms with Crippen molar-refractivity contribution in [3.05, 3.63) is 59.9 Å². The standard InChI is InChI=1S/C19H20N4O3S/c1-3-26-16-9-8-15(10-17(16)25-2)22-18(24)14-6-4-13(5-7-14)11-27-19-20-12-21-23-19/h4-10,12H,3,11H2,1-2H3,(H,22,24)(H,20,21,23). The van der Waals surface area contributed by atoms with Gasteiger partial charge in [0, 0.05) is 23.1 Å². The summed E-state index contributed by atoms with van der Waals surface area (Å²) < 4.78 is 10.8. The van der Waals surface area contributed by atoms with Gasteiger partial charge in [-0.25, -0.2) is 4.98 Å². The molecule has 0 aliphatic heterocycles. The average Bonchev–Trinajstić information content (AvgIpc) is 3.21. The molecular weight excluding hydrogens is 364 g/mol. The van der Waals surface area contributed by atoms with Crippen molar-refractivity contribution in [3.8, 4) is 11.5 Å². The van der Waals surface area contributed by atoms with Gasteiger partial charge in [-0.3, -0.25) is 9.89 Å². The van der Waals surface area contributed by atoms with Crippen LogP contribution < -0.4 is 14.8 Å². The first-order chi connectivity index (χ1) is 13.2. The number of nitrogens with zero attached hydrogens (tertiary/aromatic N) is 2. The molecule has 0 spiro atoms. The van der Waals surface area contributed by atoms with Gasteiger partial charge in [0.2, 0.25) is 0 Å². The molecule has 1 amide bonds. The van der Waals surface area contributed by atoms with Gasteiger partial charge in [0.15, 0.2) is 16.7 Å². The molecule has 0 fully saturated rings. The van der Waals surface area contributed by atoms with Crippen LogP contribution in [0.15, 0.2) is 53.9 Å². The second-order valence-corrected chi connectivity index (χ2v) is 6.49. The summed E-state index contributed by atoms with van der Waals surface area (Å²) in [6.07, 6.45) is 1.48. The van der Waals surface area contributed by atoms with Crippen molar-refractivity contribution in [2.45, 2.75) is 17.8 Å². The fourth-order valence-electron chi connectivity index (χ4n) is 2.39. The molecule has 0 aliphatic carbocycles. The molecule has 3 aromatic rings. The number of aromatic amines is 1. The van der Waals surface area contributed by atoms with E-state index < -0.39 is 0 Å². The lowest BCUT2D eigenvalue weighted by Gasteiger charge is -2.12. The molecule has 7 nitrogen and oxygen atoms in total. The van der Waals surface area contributed by atoms with Crippen molar-refractivity contribution in [1.82, 2.24) is 15.2 Å². The number of H-pyrrole nitrogens is 1. The molecule has 0 radical (unpaired) electrons. The lowest BCUT2D eigenvalue weighted by atomic mass is 10.1. The Morgan fingerprint density at radius 3 is 2.67 bits per heavy atom. The summed E-state index contributed by atoms with van der Waals surface area (Å²) in [4.78, 5) is 16.5. The number of aromatic nitrogens is 3. The number of hydrogen-bond acceptors (Lipinski definition) is 6. The molecule has 0 saturated heterocycles. The number of thioether (sulfide) groups is 1. The summed E-state index contributed by atoms with van der Waals surface area (Å²) in [6.45, 7) is 2.45. The summed E-state index contributed by atoms with van der Waals surface area (Å²) in [5, 5.41) is 10.3. The van der Waals surface area contributed by atoms with Gasteiger partial charge in [-0.2, -0.15) is 5.10 Å². The van der Waals surface area contributed by atoms with Crippen molar-refractivity contribution in [1.29, 1.82) is 0 Å². The van der Waals surface area contributed by atoms with Crippen molar-refractivity contribution in [3.63, 3.8) is 0 Å². The largest absolute Gasteiger partial charge is 0.493 e. The van der Waals surface area contributed by atoms with Crippen LogP contribution in [-0.4, -0.2) is 34.8 Å². The van der Waals surface area contributed by atoms with Crippen LogP contribution in [0.1, 0.15) is 22.8 Å². The van der Waals surface area contributed by atoms with E-state index in [2.05, 4.69) is 20.5 Å². The van der Waals surface area contributed by atoms with Crippen molar-refractivity contribution in [2.24, 2.45) is 0 Å². The van der Waals surface area contributed by atoms with Gasteiger partial charge in [0.25, 0.3) is 5.91 Å². The third-order valence-electron chi connectivity index (χ3n) is 3.71. The number of nitrogens with one attached hydrogen (secondary N) is 2. The van der Waals surface area contributed by atoms with Gasteiger partial charge >= 0.3 is 0 Å². The highest BCUT2D eigenvalue weighted by molar-refractivity contribution is 7.98. The zero-order valence-corrected chi connectivity index (χ0v) is 15.9. The molecule has 0 aliphatic rings. The lowest BCUT2D eigenvalue weighted by Crippen LogP contribution is -2.12. The monoisotopic (exact) mass is 384 g/mol. The number of rotatable bonds is 8. The Labute approximate surface area is 161 Å². The van der Waals surface area contributed by atoms with E-state index in [0.29, 0.717) is 29.4 Å². The van der Waals surface area contributed by atoms with Crippen molar-refractivity contribution >= 4 is 23.4 Å². The van der Waals surface area contributed by atoms with Crippen LogP contribution in [0.4, 0.5) is 5.69 Å². The van der Waals surface area contributed by atoms with E-state index in [-0.39, 0.29) is 5.91 Å². The van der Waals surface area contributed by atoms with E-state index in [1.807, 2.05) is 19.1 Å². The summed E-state index contributed by atoms with van der Waals surface area (Å²) in [7, 11) is 1.57. The van der Waals surface area contributed by atoms with Crippen LogP contribution in [0.5, 0.6) is 11.5 Å². The number of anilines is 1. The van der Waals surface area contributed by atoms with Crippen LogP contribution >= 0.6 is 11.8 Å². The van der Waals surface area contributed by atoms with Gasteiger partial charge in [-0.05, 0) is 36.8 Å². The molecule has 0 bridgehead atoms. The second-order valence-electron chi connectivity index (χ2n) is 5.53. The molecule has 0 unspecified atom stereocenters. The van der Waals surface area contributed by atoms with Gasteiger partial charge in [-0.1, -0.05) is 23.9 Å². The normalized spacial score (nSPS) is 10.4. The first kappa shape index (κ1) is 18.8. The minimum absolute atomic E-state index is 0.185. The summed E-state index contributed by atoms with van der Waals surface area (Å²) in [6, 6.07) is 12.8. The third kappa shape index (κ3) is 5.01. The summed E-state index contributed by atoms with van der Waals surface area (Å²) >= 11 is 1.55. The van der Waals surface area contributed by atoms with E-state index in [9.17, 15) is 4.79 Å². The molecular formula is C19H20N4O3S. The van der Waals surface area contributed by atoms with Crippen LogP contribution in [-0.2, 0) is 5.75 Å². The number of methoxy groups -OCH3 is 1. The van der Waals surface area contributed by atoms with E-state index in [1.54, 1.807) is 49.2 Å². The first-order valence-electron chi connectivity index (χ1n) is 8.39. The molecule has 2 aromatic carbocycles. The minimum atomic E-state index is -0.185. The number of carbonyl (C=O) groups is 1. The Bertz CT molecular complexity index is 882. The molecule has 1 aromatic heterocycles. The van der Waals surface area contributed by atoms with Crippen LogP contribution in [0.3, 0.4) is 0 Å². The summed E-state index contributed by atoms with van der Waals surface area (Å²) in [5.41, 5.74) is 2.32. The Morgan fingerprint density at radius 2 is 2.00 bits per heavy atom. The molecule has 140 valence electrons. The second kappa shape index (κ2) is 9.09. The molecule has 0 saturated carbocycles. The zero-order valence-electron chi connectivity index (χ0n) is 15.1. The van der Waals surface area contributed by atoms with Gasteiger partial charge < -0.3 is 14.8 Å². The molecule has 8 heteroatoms. The van der Waals surface area contributed by atoms with Crippen molar-refractivity contribution in [2.75, 3.05) is 19.0 Å². The smallest absolute Gasteiger partial charge is 0.255 e. The van der Waals surface area contributed by atoms with E-state index >= 15 is 0 Å². The number of ether oxygens (including phenoxy) is 2. The Morgan fingerprint density at radius 1 is 1.19 bits per heavy atom. The quantitative estimate of drug-likeness (QED) is 0.575. The van der Waals surface area contributed by atoms with E-state index in [1.165, 1.54) is 6.33 Å². The van der Waals surface area contributed by atoms with Gasteiger partial charge in [0.1, 0.15) is 6.33 Å². The maximum atomic E-state index is 12.5. The number of amides is 1. The molecule has 3 rings (SSSR count). The topological polar surface area (TPSA) is 89.1 Å². The predicted octanol–water partition coefficient (Wildman–Crippen LogP) is 3.76. The van der Waals surface area contributed by atoms with Crippen LogP contribution in [0.2, 0.25) is 0 Å². The van der Waals surface area contributed by atoms with E-state index in [0.717, 1.165) is 16.5 Å². The van der Waals surface area contributed by atoms with E-state index in [4.69, 9.17) is 9.47 Å². The Balaban J connectivity index is 1.62. The highest BCUT2D eigenvalue weighted by atomic mass is 32.2. The van der Waals surface area contributed by atoms with Crippen LogP contribution in [0.25, 0.3) is 0 Å². The average molecular weight is 384 g/mol. The lowest BCUT2D eigenvalue weighted by molar-refractivity contribution is 0.102. The Kier molecular flexibility index (Phi) is 6.32. The van der Waals surface area contributed by atoms with Crippen LogP contribution in [0, 0.1) is 0 Å². The third-order valence-corrected chi connectivity index (χ3v) is 4.65. The molecule has 2 N–H and O–H groups in total. The molecule has 1 heterocycles. The Hall–Kier alpha value is -3.00. The highest BCUT2D eigenvalue weighted by Crippen LogP contribution is 2.30. The number of hydrogen-bond donors (Lipinski definition) is 2. The number of carbonyl (C=O) groups excluding carboxylic acids is 1. The summed E-state index contributed by atoms with van der Waals surface area (Å²) in [5.74, 6) is 1.78. The predicted molar refractivity (Wildman–Crippen MR) is 105 cm³/mol. The SMILES string of the molecule is CCOc1ccc(NC(=O)c2ccc(CSc3ncn[nH]3)cc2)cc1OC.